The fourth-order valence-corrected chi connectivity index (χ4v) is 5.48. The van der Waals surface area contributed by atoms with E-state index in [1.807, 2.05) is 0 Å². The third kappa shape index (κ3) is 5.80. The molecule has 6 N–H and O–H groups in total. The first kappa shape index (κ1) is 27.9. The summed E-state index contributed by atoms with van der Waals surface area (Å²) in [6.07, 6.45) is -0.856. The Morgan fingerprint density at radius 1 is 1.26 bits per heavy atom. The summed E-state index contributed by atoms with van der Waals surface area (Å²) < 4.78 is 37.9. The third-order valence-electron chi connectivity index (χ3n) is 5.90. The summed E-state index contributed by atoms with van der Waals surface area (Å²) in [4.78, 5) is 24.7. The Hall–Kier alpha value is -3.13. The molecule has 1 aliphatic rings. The first-order valence-electron chi connectivity index (χ1n) is 11.9. The molecule has 3 aromatic rings. The zero-order valence-corrected chi connectivity index (χ0v) is 22.3. The van der Waals surface area contributed by atoms with Gasteiger partial charge < -0.3 is 30.6 Å². The lowest BCUT2D eigenvalue weighted by atomic mass is 9.93. The van der Waals surface area contributed by atoms with E-state index in [2.05, 4.69) is 20.0 Å². The largest absolute Gasteiger partial charge is 0.462 e. The van der Waals surface area contributed by atoms with Crippen molar-refractivity contribution in [3.05, 3.63) is 43.0 Å². The molecule has 1 aliphatic heterocycles. The van der Waals surface area contributed by atoms with E-state index in [0.717, 1.165) is 0 Å². The van der Waals surface area contributed by atoms with Crippen molar-refractivity contribution in [2.75, 3.05) is 12.3 Å². The summed E-state index contributed by atoms with van der Waals surface area (Å²) in [5.41, 5.74) is 11.8. The van der Waals surface area contributed by atoms with Crippen molar-refractivity contribution in [2.45, 2.75) is 63.8 Å². The van der Waals surface area contributed by atoms with Gasteiger partial charge in [-0.05, 0) is 39.8 Å². The van der Waals surface area contributed by atoms with Gasteiger partial charge in [-0.1, -0.05) is 18.2 Å². The van der Waals surface area contributed by atoms with E-state index in [9.17, 15) is 14.5 Å². The normalized spacial score (nSPS) is 25.8. The van der Waals surface area contributed by atoms with Crippen molar-refractivity contribution >= 4 is 30.7 Å². The van der Waals surface area contributed by atoms with Gasteiger partial charge in [0, 0.05) is 0 Å². The number of nitrogens with one attached hydrogen (secondary N) is 1. The Morgan fingerprint density at radius 2 is 1.97 bits per heavy atom. The molecule has 2 aromatic heterocycles. The molecule has 0 spiro atoms. The van der Waals surface area contributed by atoms with Crippen LogP contribution < -0.4 is 21.1 Å². The number of esters is 1. The van der Waals surface area contributed by atoms with Crippen LogP contribution in [0.2, 0.25) is 0 Å². The van der Waals surface area contributed by atoms with Crippen LogP contribution in [-0.2, 0) is 23.4 Å². The van der Waals surface area contributed by atoms with Gasteiger partial charge in [-0.3, -0.25) is 13.9 Å². The Morgan fingerprint density at radius 3 is 2.66 bits per heavy atom. The van der Waals surface area contributed by atoms with Crippen molar-refractivity contribution in [1.29, 1.82) is 0 Å². The van der Waals surface area contributed by atoms with Crippen molar-refractivity contribution < 1.29 is 33.0 Å². The summed E-state index contributed by atoms with van der Waals surface area (Å²) in [5.74, 6) is -0.217. The molecule has 0 bridgehead atoms. The monoisotopic (exact) mass is 549 g/mol. The summed E-state index contributed by atoms with van der Waals surface area (Å²) in [7, 11) is -4.18. The zero-order valence-electron chi connectivity index (χ0n) is 21.4. The average Bonchev–Trinajstić information content (AvgIpc) is 3.37. The van der Waals surface area contributed by atoms with Gasteiger partial charge in [-0.2, -0.15) is 5.09 Å². The van der Waals surface area contributed by atoms with Gasteiger partial charge in [-0.25, -0.2) is 19.5 Å². The highest BCUT2D eigenvalue weighted by molar-refractivity contribution is 7.52. The topological polar surface area (TPSA) is 199 Å². The van der Waals surface area contributed by atoms with Crippen molar-refractivity contribution in [3.8, 4) is 5.75 Å². The quantitative estimate of drug-likeness (QED) is 0.210. The lowest BCUT2D eigenvalue weighted by Gasteiger charge is -2.28. The predicted octanol–water partition coefficient (Wildman–Crippen LogP) is 1.52. The number of aliphatic hydroxyl groups excluding tert-OH is 1. The summed E-state index contributed by atoms with van der Waals surface area (Å²) in [5, 5.41) is 13.6. The molecule has 206 valence electrons. The molecule has 3 heterocycles. The fourth-order valence-electron chi connectivity index (χ4n) is 3.98. The highest BCUT2D eigenvalue weighted by Crippen LogP contribution is 2.47. The number of anilines is 1. The number of para-hydroxylation sites is 1. The second-order valence-corrected chi connectivity index (χ2v) is 11.1. The van der Waals surface area contributed by atoms with Gasteiger partial charge in [0.05, 0.1) is 24.6 Å². The van der Waals surface area contributed by atoms with Crippen LogP contribution >= 0.6 is 7.75 Å². The van der Waals surface area contributed by atoms with E-state index >= 15 is 0 Å². The van der Waals surface area contributed by atoms with Crippen LogP contribution in [0.15, 0.2) is 43.0 Å². The van der Waals surface area contributed by atoms with Crippen molar-refractivity contribution in [1.82, 2.24) is 24.6 Å². The number of aromatic nitrogens is 4. The number of imidazole rings is 1. The molecule has 15 heteroatoms. The molecule has 0 aliphatic carbocycles. The number of nitrogens with two attached hydrogens (primary N) is 2. The lowest BCUT2D eigenvalue weighted by Crippen LogP contribution is -2.52. The number of rotatable bonds is 10. The minimum Gasteiger partial charge on any atom is -0.462 e. The SMILES string of the molecule is CC(C)OC(=O)[C@@H](C)N[P@](=O)(OC[C@H]1O[C@@H](n2cnc3c(N)ncnc32)[C@](C)(N)[C@@H]1O)Oc1ccccc1. The van der Waals surface area contributed by atoms with Gasteiger partial charge >= 0.3 is 13.7 Å². The van der Waals surface area contributed by atoms with Gasteiger partial charge in [0.25, 0.3) is 0 Å². The first-order chi connectivity index (χ1) is 17.9. The molecule has 1 aromatic carbocycles. The lowest BCUT2D eigenvalue weighted by molar-refractivity contribution is -0.149. The molecule has 1 saturated heterocycles. The van der Waals surface area contributed by atoms with E-state index < -0.39 is 50.3 Å². The van der Waals surface area contributed by atoms with Crippen molar-refractivity contribution in [2.24, 2.45) is 5.73 Å². The number of benzene rings is 1. The number of carbonyl (C=O) groups is 1. The molecule has 1 fully saturated rings. The van der Waals surface area contributed by atoms with Crippen LogP contribution in [0.5, 0.6) is 5.75 Å². The Kier molecular flexibility index (Phi) is 8.02. The minimum atomic E-state index is -4.18. The standard InChI is InChI=1S/C23H32N7O7P/c1-13(2)35-21(32)14(3)29-38(33,37-15-8-6-5-7-9-15)34-10-16-18(31)23(4,25)22(36-16)30-12-28-17-19(24)26-11-27-20(17)30/h5-9,11-14,16,18,22,31H,10,25H2,1-4H3,(H,29,33)(H2,24,26,27)/t14-,16-,18-,22-,23-,38+/m1/s1. The summed E-state index contributed by atoms with van der Waals surface area (Å²) in [6.45, 7) is 6.08. The highest BCUT2D eigenvalue weighted by atomic mass is 31.2. The third-order valence-corrected chi connectivity index (χ3v) is 7.54. The number of aliphatic hydroxyl groups is 1. The van der Waals surface area contributed by atoms with Gasteiger partial charge in [0.1, 0.15) is 35.8 Å². The maximum atomic E-state index is 13.8. The number of carbonyl (C=O) groups excluding carboxylic acids is 1. The Bertz CT molecular complexity index is 1320. The first-order valence-corrected chi connectivity index (χ1v) is 13.5. The summed E-state index contributed by atoms with van der Waals surface area (Å²) >= 11 is 0. The fraction of sp³-hybridized carbons (Fsp3) is 0.478. The molecule has 14 nitrogen and oxygen atoms in total. The number of ether oxygens (including phenoxy) is 2. The molecule has 38 heavy (non-hydrogen) atoms. The molecule has 0 radical (unpaired) electrons. The Labute approximate surface area is 219 Å². The van der Waals surface area contributed by atoms with Crippen LogP contribution in [0.4, 0.5) is 5.82 Å². The second kappa shape index (κ2) is 10.9. The highest BCUT2D eigenvalue weighted by Gasteiger charge is 2.53. The molecule has 4 rings (SSSR count). The zero-order chi connectivity index (χ0) is 27.7. The summed E-state index contributed by atoms with van der Waals surface area (Å²) in [6, 6.07) is 7.28. The maximum Gasteiger partial charge on any atom is 0.459 e. The molecular formula is C23H32N7O7P. The van der Waals surface area contributed by atoms with Crippen LogP contribution in [0.1, 0.15) is 33.9 Å². The van der Waals surface area contributed by atoms with Crippen LogP contribution in [0.25, 0.3) is 11.2 Å². The second-order valence-electron chi connectivity index (χ2n) is 9.45. The molecule has 0 unspecified atom stereocenters. The van der Waals surface area contributed by atoms with Gasteiger partial charge in [0.15, 0.2) is 17.7 Å². The van der Waals surface area contributed by atoms with Crippen LogP contribution in [-0.4, -0.2) is 67.1 Å². The predicted molar refractivity (Wildman–Crippen MR) is 137 cm³/mol. The van der Waals surface area contributed by atoms with Gasteiger partial charge in [0.2, 0.25) is 0 Å². The van der Waals surface area contributed by atoms with Crippen LogP contribution in [0.3, 0.4) is 0 Å². The number of hydrogen-bond donors (Lipinski definition) is 4. The molecular weight excluding hydrogens is 517 g/mol. The van der Waals surface area contributed by atoms with E-state index in [1.165, 1.54) is 19.6 Å². The number of nitrogens with zero attached hydrogens (tertiary/aromatic N) is 4. The molecule has 6 atom stereocenters. The smallest absolute Gasteiger partial charge is 0.459 e. The number of fused-ring (bicyclic) bond motifs is 1. The number of hydrogen-bond acceptors (Lipinski definition) is 12. The molecule has 0 amide bonds. The van der Waals surface area contributed by atoms with E-state index in [1.54, 1.807) is 55.7 Å². The Balaban J connectivity index is 1.54. The molecule has 0 saturated carbocycles. The van der Waals surface area contributed by atoms with E-state index in [0.29, 0.717) is 11.2 Å². The minimum absolute atomic E-state index is 0.182. The van der Waals surface area contributed by atoms with Crippen molar-refractivity contribution in [3.63, 3.8) is 0 Å². The van der Waals surface area contributed by atoms with E-state index in [4.69, 9.17) is 30.0 Å². The maximum absolute atomic E-state index is 13.8. The number of nitrogen functional groups attached to an aromatic ring is 1. The van der Waals surface area contributed by atoms with E-state index in [-0.39, 0.29) is 17.7 Å². The van der Waals surface area contributed by atoms with Crippen LogP contribution in [0, 0.1) is 0 Å². The average molecular weight is 550 g/mol. The van der Waals surface area contributed by atoms with Gasteiger partial charge in [-0.15, -0.1) is 0 Å².